The Morgan fingerprint density at radius 2 is 2.25 bits per heavy atom. The van der Waals surface area contributed by atoms with Gasteiger partial charge < -0.3 is 5.73 Å². The second-order valence-electron chi connectivity index (χ2n) is 3.26. The van der Waals surface area contributed by atoms with Gasteiger partial charge >= 0.3 is 0 Å². The first-order valence-corrected chi connectivity index (χ1v) is 4.52. The van der Waals surface area contributed by atoms with Crippen molar-refractivity contribution in [3.63, 3.8) is 0 Å². The quantitative estimate of drug-likeness (QED) is 0.761. The number of nitrogens with zero attached hydrogens (tertiary/aromatic N) is 1. The molecule has 1 aromatic rings. The molecule has 1 unspecified atom stereocenters. The lowest BCUT2D eigenvalue weighted by Crippen LogP contribution is -2.13. The summed E-state index contributed by atoms with van der Waals surface area (Å²) in [7, 11) is 0. The summed E-state index contributed by atoms with van der Waals surface area (Å²) in [5, 5.41) is 0.668. The van der Waals surface area contributed by atoms with Crippen LogP contribution in [0.5, 0.6) is 0 Å². The number of nitrogens with two attached hydrogens (primary N) is 1. The Kier molecular flexibility index (Phi) is 2.03. The Morgan fingerprint density at radius 1 is 1.50 bits per heavy atom. The van der Waals surface area contributed by atoms with Crippen LogP contribution in [0.25, 0.3) is 0 Å². The van der Waals surface area contributed by atoms with E-state index in [9.17, 15) is 0 Å². The Hall–Kier alpha value is -0.600. The summed E-state index contributed by atoms with van der Waals surface area (Å²) >= 11 is 5.71. The fourth-order valence-corrected chi connectivity index (χ4v) is 1.39. The van der Waals surface area contributed by atoms with E-state index >= 15 is 0 Å². The van der Waals surface area contributed by atoms with Crippen LogP contribution in [0.4, 0.5) is 0 Å². The normalized spacial score (nSPS) is 19.2. The maximum atomic E-state index is 5.94. The van der Waals surface area contributed by atoms with Crippen molar-refractivity contribution in [2.75, 3.05) is 0 Å². The molecule has 0 saturated heterocycles. The molecule has 0 spiro atoms. The predicted octanol–water partition coefficient (Wildman–Crippen LogP) is 2.14. The third-order valence-electron chi connectivity index (χ3n) is 2.22. The molecular weight excluding hydrogens is 172 g/mol. The first kappa shape index (κ1) is 8.02. The molecule has 0 radical (unpaired) electrons. The van der Waals surface area contributed by atoms with Crippen LogP contribution in [0.1, 0.15) is 24.6 Å². The third-order valence-corrected chi connectivity index (χ3v) is 2.45. The van der Waals surface area contributed by atoms with Gasteiger partial charge in [-0.05, 0) is 30.9 Å². The van der Waals surface area contributed by atoms with Crippen LogP contribution in [-0.4, -0.2) is 4.98 Å². The van der Waals surface area contributed by atoms with Crippen molar-refractivity contribution in [1.29, 1.82) is 0 Å². The lowest BCUT2D eigenvalue weighted by atomic mass is 10.1. The molecule has 1 saturated carbocycles. The van der Waals surface area contributed by atoms with Gasteiger partial charge in [0.15, 0.2) is 0 Å². The minimum absolute atomic E-state index is 0.113. The first-order chi connectivity index (χ1) is 5.77. The number of hydrogen-bond donors (Lipinski definition) is 1. The summed E-state index contributed by atoms with van der Waals surface area (Å²) in [6.45, 7) is 0. The van der Waals surface area contributed by atoms with Gasteiger partial charge in [-0.25, -0.2) is 0 Å². The summed E-state index contributed by atoms with van der Waals surface area (Å²) < 4.78 is 0. The van der Waals surface area contributed by atoms with Crippen molar-refractivity contribution in [2.45, 2.75) is 18.9 Å². The Labute approximate surface area is 76.7 Å². The average molecular weight is 183 g/mol. The average Bonchev–Trinajstić information content (AvgIpc) is 2.87. The van der Waals surface area contributed by atoms with E-state index in [0.29, 0.717) is 10.9 Å². The van der Waals surface area contributed by atoms with Crippen LogP contribution in [0.3, 0.4) is 0 Å². The fourth-order valence-electron chi connectivity index (χ4n) is 1.28. The molecule has 0 bridgehead atoms. The molecule has 1 atom stereocenters. The van der Waals surface area contributed by atoms with Crippen molar-refractivity contribution in [3.8, 4) is 0 Å². The Balaban J connectivity index is 2.16. The highest BCUT2D eigenvalue weighted by atomic mass is 35.5. The van der Waals surface area contributed by atoms with E-state index in [1.54, 1.807) is 6.20 Å². The smallest absolute Gasteiger partial charge is 0.0589 e. The largest absolute Gasteiger partial charge is 0.322 e. The molecule has 12 heavy (non-hydrogen) atoms. The Bertz CT molecular complexity index is 266. The summed E-state index contributed by atoms with van der Waals surface area (Å²) in [6.07, 6.45) is 4.13. The van der Waals surface area contributed by atoms with Crippen LogP contribution >= 0.6 is 11.6 Å². The fraction of sp³-hybridized carbons (Fsp3) is 0.444. The lowest BCUT2D eigenvalue weighted by Gasteiger charge is -2.08. The van der Waals surface area contributed by atoms with Crippen LogP contribution < -0.4 is 5.73 Å². The number of pyridine rings is 1. The van der Waals surface area contributed by atoms with E-state index in [1.807, 2.05) is 12.1 Å². The first-order valence-electron chi connectivity index (χ1n) is 4.14. The zero-order valence-corrected chi connectivity index (χ0v) is 7.46. The number of halogens is 1. The van der Waals surface area contributed by atoms with Gasteiger partial charge in [0.05, 0.1) is 10.7 Å². The van der Waals surface area contributed by atoms with Gasteiger partial charge in [0.2, 0.25) is 0 Å². The molecule has 0 aromatic carbocycles. The molecular formula is C9H11ClN2. The summed E-state index contributed by atoms with van der Waals surface area (Å²) in [6, 6.07) is 3.86. The second kappa shape index (κ2) is 3.04. The zero-order chi connectivity index (χ0) is 8.55. The van der Waals surface area contributed by atoms with Crippen molar-refractivity contribution in [2.24, 2.45) is 11.7 Å². The second-order valence-corrected chi connectivity index (χ2v) is 3.70. The highest BCUT2D eigenvalue weighted by molar-refractivity contribution is 6.30. The van der Waals surface area contributed by atoms with Gasteiger partial charge in [-0.3, -0.25) is 4.98 Å². The number of rotatable bonds is 2. The SMILES string of the molecule is NC(c1ccc(Cl)cn1)C1CC1. The molecule has 1 aromatic heterocycles. The van der Waals surface area contributed by atoms with Gasteiger partial charge in [-0.1, -0.05) is 11.6 Å². The molecule has 1 aliphatic carbocycles. The minimum atomic E-state index is 0.113. The van der Waals surface area contributed by atoms with E-state index in [-0.39, 0.29) is 6.04 Å². The van der Waals surface area contributed by atoms with Crippen molar-refractivity contribution in [1.82, 2.24) is 4.98 Å². The number of hydrogen-bond acceptors (Lipinski definition) is 2. The topological polar surface area (TPSA) is 38.9 Å². The van der Waals surface area contributed by atoms with E-state index in [2.05, 4.69) is 4.98 Å². The Morgan fingerprint density at radius 3 is 2.75 bits per heavy atom. The van der Waals surface area contributed by atoms with Crippen molar-refractivity contribution < 1.29 is 0 Å². The van der Waals surface area contributed by atoms with Crippen molar-refractivity contribution in [3.05, 3.63) is 29.0 Å². The van der Waals surface area contributed by atoms with Gasteiger partial charge in [0, 0.05) is 12.2 Å². The molecule has 1 aliphatic rings. The summed E-state index contributed by atoms with van der Waals surface area (Å²) in [5.41, 5.74) is 6.90. The third kappa shape index (κ3) is 1.59. The molecule has 3 heteroatoms. The summed E-state index contributed by atoms with van der Waals surface area (Å²) in [5.74, 6) is 0.652. The van der Waals surface area contributed by atoms with Crippen LogP contribution in [0, 0.1) is 5.92 Å². The lowest BCUT2D eigenvalue weighted by molar-refractivity contribution is 0.615. The molecule has 0 aliphatic heterocycles. The highest BCUT2D eigenvalue weighted by Gasteiger charge is 2.30. The predicted molar refractivity (Wildman–Crippen MR) is 48.9 cm³/mol. The molecule has 0 amide bonds. The van der Waals surface area contributed by atoms with E-state index in [4.69, 9.17) is 17.3 Å². The van der Waals surface area contributed by atoms with E-state index in [0.717, 1.165) is 5.69 Å². The zero-order valence-electron chi connectivity index (χ0n) is 6.70. The van der Waals surface area contributed by atoms with Gasteiger partial charge in [-0.15, -0.1) is 0 Å². The molecule has 1 heterocycles. The molecule has 2 nitrogen and oxygen atoms in total. The highest BCUT2D eigenvalue weighted by Crippen LogP contribution is 2.38. The number of aromatic nitrogens is 1. The molecule has 1 fully saturated rings. The van der Waals surface area contributed by atoms with E-state index < -0.39 is 0 Å². The molecule has 2 N–H and O–H groups in total. The monoisotopic (exact) mass is 182 g/mol. The van der Waals surface area contributed by atoms with Crippen molar-refractivity contribution >= 4 is 11.6 Å². The maximum Gasteiger partial charge on any atom is 0.0589 e. The molecule has 2 rings (SSSR count). The van der Waals surface area contributed by atoms with Gasteiger partial charge in [-0.2, -0.15) is 0 Å². The molecule has 64 valence electrons. The van der Waals surface area contributed by atoms with E-state index in [1.165, 1.54) is 12.8 Å². The minimum Gasteiger partial charge on any atom is -0.322 e. The van der Waals surface area contributed by atoms with Gasteiger partial charge in [0.25, 0.3) is 0 Å². The van der Waals surface area contributed by atoms with Crippen LogP contribution in [0.15, 0.2) is 18.3 Å². The van der Waals surface area contributed by atoms with Gasteiger partial charge in [0.1, 0.15) is 0 Å². The van der Waals surface area contributed by atoms with Crippen LogP contribution in [-0.2, 0) is 0 Å². The van der Waals surface area contributed by atoms with Crippen LogP contribution in [0.2, 0.25) is 5.02 Å². The maximum absolute atomic E-state index is 5.94. The summed E-state index contributed by atoms with van der Waals surface area (Å²) in [4.78, 5) is 4.18. The standard InChI is InChI=1S/C9H11ClN2/c10-7-3-4-8(12-5-7)9(11)6-1-2-6/h3-6,9H,1-2,11H2.